The Morgan fingerprint density at radius 3 is 2.50 bits per heavy atom. The van der Waals surface area contributed by atoms with Crippen LogP contribution in [0.5, 0.6) is 0 Å². The molecule has 2 heterocycles. The maximum atomic E-state index is 13.1. The van der Waals surface area contributed by atoms with E-state index in [0.29, 0.717) is 49.1 Å². The van der Waals surface area contributed by atoms with Crippen molar-refractivity contribution >= 4 is 22.2 Å². The molecule has 1 aromatic carbocycles. The van der Waals surface area contributed by atoms with Crippen molar-refractivity contribution in [2.75, 3.05) is 26.2 Å². The number of nitrogens with zero attached hydrogens (tertiary/aromatic N) is 5. The van der Waals surface area contributed by atoms with Crippen LogP contribution in [0.2, 0.25) is 0 Å². The molecule has 0 aliphatic carbocycles. The van der Waals surface area contributed by atoms with Gasteiger partial charge in [-0.3, -0.25) is 4.90 Å². The Bertz CT molecular complexity index is 1030. The van der Waals surface area contributed by atoms with E-state index < -0.39 is 10.0 Å². The van der Waals surface area contributed by atoms with Crippen molar-refractivity contribution in [1.82, 2.24) is 23.6 Å². The van der Waals surface area contributed by atoms with Gasteiger partial charge in [-0.05, 0) is 50.2 Å². The highest BCUT2D eigenvalue weighted by Crippen LogP contribution is 2.22. The Morgan fingerprint density at radius 2 is 1.86 bits per heavy atom. The minimum Gasteiger partial charge on any atom is -0.300 e. The number of rotatable bonds is 6. The summed E-state index contributed by atoms with van der Waals surface area (Å²) in [4.78, 5) is 2.58. The summed E-state index contributed by atoms with van der Waals surface area (Å²) in [6.45, 7) is 12.8. The van der Waals surface area contributed by atoms with Gasteiger partial charge in [0.2, 0.25) is 10.0 Å². The van der Waals surface area contributed by atoms with Gasteiger partial charge in [0.1, 0.15) is 5.82 Å². The van der Waals surface area contributed by atoms with Crippen LogP contribution in [-0.4, -0.2) is 58.1 Å². The lowest BCUT2D eigenvalue weighted by Crippen LogP contribution is -2.49. The zero-order chi connectivity index (χ0) is 20.5. The van der Waals surface area contributed by atoms with Crippen molar-refractivity contribution in [3.8, 4) is 0 Å². The lowest BCUT2D eigenvalue weighted by atomic mass is 10.2. The summed E-state index contributed by atoms with van der Waals surface area (Å²) >= 11 is 5.50. The molecule has 0 atom stereocenters. The molecule has 0 amide bonds. The fourth-order valence-corrected chi connectivity index (χ4v) is 5.44. The molecular weight excluding hydrogens is 394 g/mol. The zero-order valence-corrected chi connectivity index (χ0v) is 18.3. The molecule has 28 heavy (non-hydrogen) atoms. The van der Waals surface area contributed by atoms with Crippen LogP contribution in [0.3, 0.4) is 0 Å². The molecule has 0 unspecified atom stereocenters. The number of aromatic nitrogens is 3. The first kappa shape index (κ1) is 20.9. The van der Waals surface area contributed by atoms with Gasteiger partial charge in [0.25, 0.3) is 0 Å². The standard InChI is InChI=1S/C19H27N5O2S2/c1-5-8-23-17(4)20-24(19(23)27)14-21-9-11-22(12-10-21)28(25,26)18-13-15(2)6-7-16(18)3/h5-7,13H,1,8-12,14H2,2-4H3. The van der Waals surface area contributed by atoms with Gasteiger partial charge in [-0.15, -0.1) is 6.58 Å². The molecular formula is C19H27N5O2S2. The first-order valence-corrected chi connectivity index (χ1v) is 11.1. The Balaban J connectivity index is 1.69. The molecule has 1 aromatic heterocycles. The average Bonchev–Trinajstić information content (AvgIpc) is 2.92. The summed E-state index contributed by atoms with van der Waals surface area (Å²) in [5, 5.41) is 4.51. The lowest BCUT2D eigenvalue weighted by Gasteiger charge is -2.34. The zero-order valence-electron chi connectivity index (χ0n) is 16.6. The Hall–Kier alpha value is -1.81. The summed E-state index contributed by atoms with van der Waals surface area (Å²) < 4.78 is 32.1. The summed E-state index contributed by atoms with van der Waals surface area (Å²) in [6, 6.07) is 5.55. The maximum absolute atomic E-state index is 13.1. The quantitative estimate of drug-likeness (QED) is 0.530. The molecule has 7 nitrogen and oxygen atoms in total. The molecule has 1 aliphatic rings. The van der Waals surface area contributed by atoms with Crippen LogP contribution in [-0.2, 0) is 23.2 Å². The maximum Gasteiger partial charge on any atom is 0.243 e. The molecule has 0 bridgehead atoms. The predicted molar refractivity (Wildman–Crippen MR) is 112 cm³/mol. The van der Waals surface area contributed by atoms with Gasteiger partial charge < -0.3 is 4.57 Å². The number of allylic oxidation sites excluding steroid dienone is 1. The number of sulfonamides is 1. The first-order chi connectivity index (χ1) is 13.2. The van der Waals surface area contributed by atoms with Crippen LogP contribution >= 0.6 is 12.2 Å². The second-order valence-corrected chi connectivity index (χ2v) is 9.43. The molecule has 9 heteroatoms. The minimum absolute atomic E-state index is 0.405. The van der Waals surface area contributed by atoms with E-state index in [0.717, 1.165) is 17.0 Å². The van der Waals surface area contributed by atoms with Crippen LogP contribution < -0.4 is 0 Å². The number of aryl methyl sites for hydroxylation is 3. The van der Waals surface area contributed by atoms with Gasteiger partial charge in [0.15, 0.2) is 4.77 Å². The van der Waals surface area contributed by atoms with E-state index in [4.69, 9.17) is 12.2 Å². The molecule has 0 radical (unpaired) electrons. The van der Waals surface area contributed by atoms with Crippen molar-refractivity contribution in [2.45, 2.75) is 38.9 Å². The largest absolute Gasteiger partial charge is 0.300 e. The predicted octanol–water partition coefficient (Wildman–Crippen LogP) is 2.49. The molecule has 3 rings (SSSR count). The second kappa shape index (κ2) is 8.28. The van der Waals surface area contributed by atoms with E-state index in [1.807, 2.05) is 37.5 Å². The van der Waals surface area contributed by atoms with E-state index in [2.05, 4.69) is 16.6 Å². The molecule has 1 aliphatic heterocycles. The number of hydrogen-bond donors (Lipinski definition) is 0. The smallest absolute Gasteiger partial charge is 0.243 e. The third-order valence-electron chi connectivity index (χ3n) is 5.05. The van der Waals surface area contributed by atoms with Gasteiger partial charge in [-0.2, -0.15) is 9.40 Å². The monoisotopic (exact) mass is 421 g/mol. The van der Waals surface area contributed by atoms with Crippen molar-refractivity contribution in [3.05, 3.63) is 52.6 Å². The molecule has 0 spiro atoms. The van der Waals surface area contributed by atoms with Gasteiger partial charge in [0, 0.05) is 32.7 Å². The van der Waals surface area contributed by atoms with E-state index in [9.17, 15) is 8.42 Å². The van der Waals surface area contributed by atoms with Gasteiger partial charge in [0.05, 0.1) is 11.6 Å². The van der Waals surface area contributed by atoms with Gasteiger partial charge in [-0.1, -0.05) is 18.2 Å². The molecule has 1 fully saturated rings. The third-order valence-corrected chi connectivity index (χ3v) is 7.52. The summed E-state index contributed by atoms with van der Waals surface area (Å²) in [7, 11) is -3.48. The van der Waals surface area contributed by atoms with Crippen LogP contribution in [0.25, 0.3) is 0 Å². The highest BCUT2D eigenvalue weighted by molar-refractivity contribution is 7.89. The number of piperazine rings is 1. The van der Waals surface area contributed by atoms with E-state index in [-0.39, 0.29) is 0 Å². The lowest BCUT2D eigenvalue weighted by molar-refractivity contribution is 0.144. The fraction of sp³-hybridized carbons (Fsp3) is 0.474. The summed E-state index contributed by atoms with van der Waals surface area (Å²) in [5.74, 6) is 0.848. The summed E-state index contributed by atoms with van der Waals surface area (Å²) in [6.07, 6.45) is 1.80. The van der Waals surface area contributed by atoms with Crippen molar-refractivity contribution in [1.29, 1.82) is 0 Å². The first-order valence-electron chi connectivity index (χ1n) is 9.29. The molecule has 0 N–H and O–H groups in total. The molecule has 2 aromatic rings. The van der Waals surface area contributed by atoms with Crippen LogP contribution in [0.1, 0.15) is 17.0 Å². The average molecular weight is 422 g/mol. The Kier molecular flexibility index (Phi) is 6.18. The minimum atomic E-state index is -3.48. The van der Waals surface area contributed by atoms with Crippen LogP contribution in [0, 0.1) is 25.5 Å². The highest BCUT2D eigenvalue weighted by Gasteiger charge is 2.30. The van der Waals surface area contributed by atoms with E-state index in [1.165, 1.54) is 0 Å². The fourth-order valence-electron chi connectivity index (χ4n) is 3.41. The van der Waals surface area contributed by atoms with Crippen molar-refractivity contribution in [3.63, 3.8) is 0 Å². The van der Waals surface area contributed by atoms with Crippen LogP contribution in [0.4, 0.5) is 0 Å². The number of hydrogen-bond acceptors (Lipinski definition) is 5. The van der Waals surface area contributed by atoms with Gasteiger partial charge >= 0.3 is 0 Å². The third kappa shape index (κ3) is 4.12. The van der Waals surface area contributed by atoms with Crippen molar-refractivity contribution in [2.24, 2.45) is 0 Å². The Labute approximate surface area is 171 Å². The normalized spacial score (nSPS) is 16.4. The van der Waals surface area contributed by atoms with Crippen molar-refractivity contribution < 1.29 is 8.42 Å². The topological polar surface area (TPSA) is 63.4 Å². The van der Waals surface area contributed by atoms with E-state index >= 15 is 0 Å². The molecule has 0 saturated carbocycles. The Morgan fingerprint density at radius 1 is 1.18 bits per heavy atom. The molecule has 152 valence electrons. The molecule has 1 saturated heterocycles. The highest BCUT2D eigenvalue weighted by atomic mass is 32.2. The van der Waals surface area contributed by atoms with Crippen LogP contribution in [0.15, 0.2) is 35.7 Å². The van der Waals surface area contributed by atoms with Gasteiger partial charge in [-0.25, -0.2) is 13.1 Å². The van der Waals surface area contributed by atoms with E-state index in [1.54, 1.807) is 21.1 Å². The summed E-state index contributed by atoms with van der Waals surface area (Å²) in [5.41, 5.74) is 1.73. The SMILES string of the molecule is C=CCn1c(C)nn(CN2CCN(S(=O)(=O)c3cc(C)ccc3C)CC2)c1=S. The second-order valence-electron chi connectivity index (χ2n) is 7.16. The number of benzene rings is 1.